The van der Waals surface area contributed by atoms with Gasteiger partial charge in [-0.1, -0.05) is 56.3 Å². The number of primary amides is 1. The maximum Gasteiger partial charge on any atom is 0.321 e. The highest BCUT2D eigenvalue weighted by atomic mass is 16.2. The molecule has 0 saturated carbocycles. The van der Waals surface area contributed by atoms with E-state index in [2.05, 4.69) is 13.8 Å². The third kappa shape index (κ3) is 5.75. The van der Waals surface area contributed by atoms with Crippen molar-refractivity contribution >= 4 is 11.9 Å². The number of hydrogen-bond acceptors (Lipinski definition) is 2. The van der Waals surface area contributed by atoms with Gasteiger partial charge in [0.1, 0.15) is 0 Å². The summed E-state index contributed by atoms with van der Waals surface area (Å²) in [5.41, 5.74) is 8.12. The van der Waals surface area contributed by atoms with Crippen molar-refractivity contribution in [3.05, 3.63) is 71.3 Å². The Morgan fingerprint density at radius 1 is 0.960 bits per heavy atom. The van der Waals surface area contributed by atoms with Crippen molar-refractivity contribution in [2.24, 2.45) is 11.7 Å². The molecule has 25 heavy (non-hydrogen) atoms. The zero-order valence-corrected chi connectivity index (χ0v) is 14.9. The maximum atomic E-state index is 12.7. The largest absolute Gasteiger partial charge is 0.351 e. The van der Waals surface area contributed by atoms with E-state index in [1.807, 2.05) is 48.5 Å². The van der Waals surface area contributed by atoms with Gasteiger partial charge in [0.25, 0.3) is 5.91 Å². The Morgan fingerprint density at radius 2 is 1.64 bits per heavy atom. The fourth-order valence-electron chi connectivity index (χ4n) is 2.67. The topological polar surface area (TPSA) is 63.4 Å². The molecule has 0 heterocycles. The molecule has 3 amide bonds. The quantitative estimate of drug-likeness (QED) is 0.828. The number of rotatable bonds is 7. The predicted molar refractivity (Wildman–Crippen MR) is 100 cm³/mol. The Balaban J connectivity index is 2.09. The second kappa shape index (κ2) is 9.02. The van der Waals surface area contributed by atoms with Crippen LogP contribution >= 0.6 is 0 Å². The molecule has 0 atom stereocenters. The number of nitrogens with two attached hydrogens (primary N) is 1. The molecule has 0 radical (unpaired) electrons. The van der Waals surface area contributed by atoms with Gasteiger partial charge in [-0.05, 0) is 48.4 Å². The molecule has 4 nitrogen and oxygen atoms in total. The highest BCUT2D eigenvalue weighted by Crippen LogP contribution is 2.13. The fraction of sp³-hybridized carbons (Fsp3) is 0.333. The summed E-state index contributed by atoms with van der Waals surface area (Å²) < 4.78 is 0. The lowest BCUT2D eigenvalue weighted by Gasteiger charge is -2.19. The number of hydrogen-bond donors (Lipinski definition) is 1. The van der Waals surface area contributed by atoms with Crippen LogP contribution in [0.2, 0.25) is 0 Å². The summed E-state index contributed by atoms with van der Waals surface area (Å²) in [5, 5.41) is 0. The lowest BCUT2D eigenvalue weighted by Crippen LogP contribution is -2.42. The van der Waals surface area contributed by atoms with Gasteiger partial charge in [-0.25, -0.2) is 4.79 Å². The van der Waals surface area contributed by atoms with Crippen molar-refractivity contribution in [3.63, 3.8) is 0 Å². The molecule has 0 bridgehead atoms. The van der Waals surface area contributed by atoms with Crippen LogP contribution < -0.4 is 5.73 Å². The van der Waals surface area contributed by atoms with Gasteiger partial charge in [-0.2, -0.15) is 0 Å². The molecule has 0 unspecified atom stereocenters. The summed E-state index contributed by atoms with van der Waals surface area (Å²) in [5.74, 6) is 0.266. The zero-order chi connectivity index (χ0) is 18.2. The van der Waals surface area contributed by atoms with Gasteiger partial charge in [0.05, 0.1) is 0 Å². The summed E-state index contributed by atoms with van der Waals surface area (Å²) in [6.45, 7) is 4.62. The molecule has 0 aromatic heterocycles. The minimum Gasteiger partial charge on any atom is -0.351 e. The van der Waals surface area contributed by atoms with Crippen LogP contribution in [0.25, 0.3) is 0 Å². The molecule has 0 saturated heterocycles. The molecule has 0 spiro atoms. The monoisotopic (exact) mass is 338 g/mol. The average Bonchev–Trinajstić information content (AvgIpc) is 2.61. The smallest absolute Gasteiger partial charge is 0.321 e. The lowest BCUT2D eigenvalue weighted by molar-refractivity contribution is 0.0809. The Kier molecular flexibility index (Phi) is 6.75. The second-order valence-electron chi connectivity index (χ2n) is 6.66. The van der Waals surface area contributed by atoms with Crippen LogP contribution in [0, 0.1) is 5.92 Å². The fourth-order valence-corrected chi connectivity index (χ4v) is 2.67. The number of carbonyl (C=O) groups excluding carboxylic acids is 2. The van der Waals surface area contributed by atoms with E-state index in [1.165, 1.54) is 0 Å². The Morgan fingerprint density at radius 3 is 2.28 bits per heavy atom. The summed E-state index contributed by atoms with van der Waals surface area (Å²) in [4.78, 5) is 25.6. The van der Waals surface area contributed by atoms with Gasteiger partial charge in [-0.3, -0.25) is 9.69 Å². The van der Waals surface area contributed by atoms with Crippen molar-refractivity contribution in [3.8, 4) is 0 Å². The molecule has 4 heteroatoms. The van der Waals surface area contributed by atoms with E-state index in [1.54, 1.807) is 6.07 Å². The first-order valence-electron chi connectivity index (χ1n) is 8.71. The van der Waals surface area contributed by atoms with Gasteiger partial charge < -0.3 is 5.73 Å². The zero-order valence-electron chi connectivity index (χ0n) is 14.9. The molecule has 132 valence electrons. The van der Waals surface area contributed by atoms with Crippen LogP contribution in [0.3, 0.4) is 0 Å². The molecule has 2 aromatic carbocycles. The third-order valence-electron chi connectivity index (χ3n) is 4.16. The van der Waals surface area contributed by atoms with Crippen LogP contribution in [0.4, 0.5) is 4.79 Å². The number of aryl methyl sites for hydroxylation is 1. The Bertz CT molecular complexity index is 711. The molecular weight excluding hydrogens is 312 g/mol. The average molecular weight is 338 g/mol. The van der Waals surface area contributed by atoms with E-state index < -0.39 is 6.03 Å². The SMILES string of the molecule is CC(C)CCc1cccc(C(=O)N(CCc2ccccc2)C(N)=O)c1. The minimum absolute atomic E-state index is 0.272. The maximum absolute atomic E-state index is 12.7. The van der Waals surface area contributed by atoms with Crippen molar-refractivity contribution in [2.75, 3.05) is 6.54 Å². The number of carbonyl (C=O) groups is 2. The minimum atomic E-state index is -0.714. The molecule has 0 aliphatic carbocycles. The van der Waals surface area contributed by atoms with Crippen LogP contribution in [0.15, 0.2) is 54.6 Å². The first-order valence-corrected chi connectivity index (χ1v) is 8.71. The van der Waals surface area contributed by atoms with E-state index >= 15 is 0 Å². The standard InChI is InChI=1S/C21H26N2O2/c1-16(2)11-12-18-9-6-10-19(15-18)20(24)23(21(22)25)14-13-17-7-4-3-5-8-17/h3-10,15-16H,11-14H2,1-2H3,(H2,22,25). The molecule has 0 aliphatic heterocycles. The second-order valence-corrected chi connectivity index (χ2v) is 6.66. The number of urea groups is 1. The Hall–Kier alpha value is -2.62. The molecular formula is C21H26N2O2. The Labute approximate surface area is 149 Å². The number of benzene rings is 2. The normalized spacial score (nSPS) is 10.7. The van der Waals surface area contributed by atoms with Crippen molar-refractivity contribution in [2.45, 2.75) is 33.1 Å². The van der Waals surface area contributed by atoms with E-state index in [4.69, 9.17) is 5.73 Å². The van der Waals surface area contributed by atoms with Crippen LogP contribution in [0.1, 0.15) is 41.8 Å². The number of nitrogens with zero attached hydrogens (tertiary/aromatic N) is 1. The van der Waals surface area contributed by atoms with Crippen molar-refractivity contribution in [1.82, 2.24) is 4.90 Å². The van der Waals surface area contributed by atoms with E-state index in [0.29, 0.717) is 17.9 Å². The molecule has 2 N–H and O–H groups in total. The molecule has 2 aromatic rings. The van der Waals surface area contributed by atoms with Crippen LogP contribution in [-0.4, -0.2) is 23.4 Å². The molecule has 0 fully saturated rings. The highest BCUT2D eigenvalue weighted by molar-refractivity contribution is 6.03. The van der Waals surface area contributed by atoms with Gasteiger partial charge in [0.2, 0.25) is 0 Å². The van der Waals surface area contributed by atoms with Gasteiger partial charge in [0, 0.05) is 12.1 Å². The lowest BCUT2D eigenvalue weighted by atomic mass is 10.0. The van der Waals surface area contributed by atoms with Gasteiger partial charge in [-0.15, -0.1) is 0 Å². The number of imide groups is 1. The number of amides is 3. The molecule has 0 aliphatic rings. The van der Waals surface area contributed by atoms with Crippen molar-refractivity contribution < 1.29 is 9.59 Å². The van der Waals surface area contributed by atoms with Gasteiger partial charge in [0.15, 0.2) is 0 Å². The summed E-state index contributed by atoms with van der Waals surface area (Å²) in [6.07, 6.45) is 2.56. The van der Waals surface area contributed by atoms with Crippen molar-refractivity contribution in [1.29, 1.82) is 0 Å². The summed E-state index contributed by atoms with van der Waals surface area (Å²) in [7, 11) is 0. The van der Waals surface area contributed by atoms with Gasteiger partial charge >= 0.3 is 6.03 Å². The summed E-state index contributed by atoms with van der Waals surface area (Å²) in [6, 6.07) is 16.5. The van der Waals surface area contributed by atoms with E-state index in [9.17, 15) is 9.59 Å². The first-order chi connectivity index (χ1) is 12.0. The summed E-state index contributed by atoms with van der Waals surface area (Å²) >= 11 is 0. The third-order valence-corrected chi connectivity index (χ3v) is 4.16. The molecule has 2 rings (SSSR count). The first kappa shape index (κ1) is 18.7. The van der Waals surface area contributed by atoms with E-state index in [-0.39, 0.29) is 12.5 Å². The highest BCUT2D eigenvalue weighted by Gasteiger charge is 2.20. The predicted octanol–water partition coefficient (Wildman–Crippen LogP) is 4.04. The van der Waals surface area contributed by atoms with E-state index in [0.717, 1.165) is 28.9 Å². The van der Waals surface area contributed by atoms with Crippen LogP contribution in [-0.2, 0) is 12.8 Å². The van der Waals surface area contributed by atoms with Crippen LogP contribution in [0.5, 0.6) is 0 Å².